The Morgan fingerprint density at radius 3 is 2.43 bits per heavy atom. The summed E-state index contributed by atoms with van der Waals surface area (Å²) in [6.45, 7) is 6.53. The lowest BCUT2D eigenvalue weighted by atomic mass is 9.45. The number of benzene rings is 1. The molecule has 4 aliphatic rings. The molecule has 1 aromatic rings. The number of sulfonamides is 1. The van der Waals surface area contributed by atoms with E-state index in [4.69, 9.17) is 0 Å². The number of hydrogen-bond acceptors (Lipinski definition) is 3. The van der Waals surface area contributed by atoms with Crippen LogP contribution in [0.2, 0.25) is 0 Å². The molecular weight excluding hydrogens is 310 g/mol. The van der Waals surface area contributed by atoms with Crippen molar-refractivity contribution in [2.45, 2.75) is 56.5 Å². The van der Waals surface area contributed by atoms with Crippen LogP contribution < -0.4 is 0 Å². The number of rotatable bonds is 4. The molecule has 2 bridgehead atoms. The second-order valence-electron chi connectivity index (χ2n) is 8.14. The van der Waals surface area contributed by atoms with E-state index in [9.17, 15) is 13.5 Å². The Kier molecular flexibility index (Phi) is 3.11. The van der Waals surface area contributed by atoms with E-state index in [1.54, 1.807) is 16.4 Å². The van der Waals surface area contributed by atoms with E-state index in [1.807, 2.05) is 19.1 Å². The highest BCUT2D eigenvalue weighted by Gasteiger charge is 2.80. The minimum Gasteiger partial charge on any atom is -0.396 e. The topological polar surface area (TPSA) is 57.4 Å². The number of nitrogens with zero attached hydrogens (tertiary/aromatic N) is 1. The van der Waals surface area contributed by atoms with Gasteiger partial charge in [0.15, 0.2) is 0 Å². The van der Waals surface area contributed by atoms with Gasteiger partial charge in [-0.1, -0.05) is 31.5 Å². The Balaban J connectivity index is 1.74. The van der Waals surface area contributed by atoms with Gasteiger partial charge >= 0.3 is 0 Å². The Labute approximate surface area is 138 Å². The third kappa shape index (κ3) is 1.81. The van der Waals surface area contributed by atoms with Gasteiger partial charge in [-0.25, -0.2) is 8.42 Å². The van der Waals surface area contributed by atoms with E-state index in [0.29, 0.717) is 23.2 Å². The zero-order valence-electron chi connectivity index (χ0n) is 14.0. The Morgan fingerprint density at radius 2 is 1.87 bits per heavy atom. The summed E-state index contributed by atoms with van der Waals surface area (Å²) in [6, 6.07) is 7.19. The smallest absolute Gasteiger partial charge is 0.243 e. The highest BCUT2D eigenvalue weighted by atomic mass is 32.2. The van der Waals surface area contributed by atoms with Gasteiger partial charge in [0.25, 0.3) is 0 Å². The summed E-state index contributed by atoms with van der Waals surface area (Å²) in [5, 5.41) is 9.58. The van der Waals surface area contributed by atoms with Crippen LogP contribution in [0.4, 0.5) is 0 Å². The Hall–Kier alpha value is -0.910. The van der Waals surface area contributed by atoms with Crippen molar-refractivity contribution in [2.75, 3.05) is 6.61 Å². The molecule has 0 radical (unpaired) electrons. The summed E-state index contributed by atoms with van der Waals surface area (Å²) in [7, 11) is -3.48. The van der Waals surface area contributed by atoms with Gasteiger partial charge < -0.3 is 5.11 Å². The molecule has 0 spiro atoms. The van der Waals surface area contributed by atoms with E-state index in [-0.39, 0.29) is 23.6 Å². The van der Waals surface area contributed by atoms with Crippen LogP contribution in [0.1, 0.15) is 38.7 Å². The predicted molar refractivity (Wildman–Crippen MR) is 88.4 cm³/mol. The van der Waals surface area contributed by atoms with Gasteiger partial charge in [-0.2, -0.15) is 4.31 Å². The van der Waals surface area contributed by atoms with Crippen molar-refractivity contribution in [2.24, 2.45) is 17.3 Å². The van der Waals surface area contributed by atoms with Crippen molar-refractivity contribution in [1.29, 1.82) is 0 Å². The van der Waals surface area contributed by atoms with Gasteiger partial charge in [0.2, 0.25) is 10.0 Å². The SMILES string of the molecule is Cc1ccc(S(=O)(=O)N2[C@H]3C[C@H]4C[C@H](C4(C)C)[C@]32CCO)cc1. The van der Waals surface area contributed by atoms with Crippen LogP contribution in [0.25, 0.3) is 0 Å². The van der Waals surface area contributed by atoms with E-state index >= 15 is 0 Å². The predicted octanol–water partition coefficient (Wildman–Crippen LogP) is 2.56. The summed E-state index contributed by atoms with van der Waals surface area (Å²) >= 11 is 0. The summed E-state index contributed by atoms with van der Waals surface area (Å²) in [5.41, 5.74) is 0.889. The molecule has 1 N–H and O–H groups in total. The molecular formula is C18H25NO3S. The van der Waals surface area contributed by atoms with Crippen LogP contribution in [-0.2, 0) is 10.0 Å². The molecule has 126 valence electrons. The molecule has 4 nitrogen and oxygen atoms in total. The minimum atomic E-state index is -3.48. The van der Waals surface area contributed by atoms with E-state index in [2.05, 4.69) is 13.8 Å². The standard InChI is InChI=1S/C18H25NO3S/c1-12-4-6-14(7-5-12)23(21,22)19-16-11-13-10-15(17(13,2)3)18(16,19)8-9-20/h4-7,13,15-16,20H,8-11H2,1-3H3/t13-,15-,16+,18-,19?/m1/s1. The summed E-state index contributed by atoms with van der Waals surface area (Å²) < 4.78 is 28.1. The van der Waals surface area contributed by atoms with Gasteiger partial charge in [0.1, 0.15) is 0 Å². The lowest BCUT2D eigenvalue weighted by Crippen LogP contribution is -2.57. The molecule has 0 amide bonds. The van der Waals surface area contributed by atoms with Crippen LogP contribution in [0.15, 0.2) is 29.2 Å². The normalized spacial score (nSPS) is 40.2. The average molecular weight is 335 g/mol. The third-order valence-electron chi connectivity index (χ3n) is 6.87. The second-order valence-corrected chi connectivity index (χ2v) is 9.95. The monoisotopic (exact) mass is 335 g/mol. The maximum Gasteiger partial charge on any atom is 0.243 e. The molecule has 3 aliphatic carbocycles. The molecule has 5 atom stereocenters. The minimum absolute atomic E-state index is 0.0493. The van der Waals surface area contributed by atoms with Crippen LogP contribution >= 0.6 is 0 Å². The zero-order valence-corrected chi connectivity index (χ0v) is 14.8. The van der Waals surface area contributed by atoms with Crippen LogP contribution in [0, 0.1) is 24.2 Å². The lowest BCUT2D eigenvalue weighted by Gasteiger charge is -2.59. The largest absolute Gasteiger partial charge is 0.396 e. The Morgan fingerprint density at radius 1 is 1.22 bits per heavy atom. The molecule has 23 heavy (non-hydrogen) atoms. The first-order chi connectivity index (χ1) is 10.8. The summed E-state index contributed by atoms with van der Waals surface area (Å²) in [6.07, 6.45) is 2.60. The van der Waals surface area contributed by atoms with Gasteiger partial charge in [0, 0.05) is 12.6 Å². The van der Waals surface area contributed by atoms with Gasteiger partial charge in [-0.15, -0.1) is 0 Å². The number of aliphatic hydroxyl groups excluding tert-OH is 1. The van der Waals surface area contributed by atoms with Crippen LogP contribution in [0.5, 0.6) is 0 Å². The summed E-state index contributed by atoms with van der Waals surface area (Å²) in [4.78, 5) is 0.379. The first-order valence-electron chi connectivity index (χ1n) is 8.48. The van der Waals surface area contributed by atoms with Gasteiger partial charge in [-0.3, -0.25) is 0 Å². The quantitative estimate of drug-likeness (QED) is 0.860. The van der Waals surface area contributed by atoms with Crippen molar-refractivity contribution in [3.63, 3.8) is 0 Å². The highest BCUT2D eigenvalue weighted by molar-refractivity contribution is 7.89. The van der Waals surface area contributed by atoms with E-state index in [1.165, 1.54) is 0 Å². The third-order valence-corrected chi connectivity index (χ3v) is 8.85. The molecule has 3 saturated carbocycles. The van der Waals surface area contributed by atoms with Crippen molar-refractivity contribution in [3.05, 3.63) is 29.8 Å². The summed E-state index contributed by atoms with van der Waals surface area (Å²) in [5.74, 6) is 0.980. The second kappa shape index (κ2) is 4.58. The first-order valence-corrected chi connectivity index (χ1v) is 9.92. The van der Waals surface area contributed by atoms with Gasteiger partial charge in [0.05, 0.1) is 10.4 Å². The zero-order chi connectivity index (χ0) is 16.6. The molecule has 1 heterocycles. The molecule has 5 rings (SSSR count). The average Bonchev–Trinajstić information content (AvgIpc) is 3.17. The molecule has 1 unspecified atom stereocenters. The van der Waals surface area contributed by atoms with Crippen LogP contribution in [0.3, 0.4) is 0 Å². The fourth-order valence-corrected chi connectivity index (χ4v) is 7.50. The first kappa shape index (κ1) is 15.6. The molecule has 1 aliphatic heterocycles. The van der Waals surface area contributed by atoms with Crippen molar-refractivity contribution in [1.82, 2.24) is 4.31 Å². The molecule has 1 aromatic carbocycles. The number of hydrogen-bond donors (Lipinski definition) is 1. The van der Waals surface area contributed by atoms with Crippen LogP contribution in [-0.4, -0.2) is 36.0 Å². The van der Waals surface area contributed by atoms with Crippen molar-refractivity contribution < 1.29 is 13.5 Å². The maximum absolute atomic E-state index is 13.2. The fraction of sp³-hybridized carbons (Fsp3) is 0.667. The van der Waals surface area contributed by atoms with Crippen molar-refractivity contribution >= 4 is 10.0 Å². The molecule has 5 heteroatoms. The number of aryl methyl sites for hydroxylation is 1. The van der Waals surface area contributed by atoms with Crippen molar-refractivity contribution in [3.8, 4) is 0 Å². The number of aliphatic hydroxyl groups is 1. The Bertz CT molecular complexity index is 740. The lowest BCUT2D eigenvalue weighted by molar-refractivity contribution is -0.0819. The molecule has 0 aromatic heterocycles. The highest BCUT2D eigenvalue weighted by Crippen LogP contribution is 2.73. The van der Waals surface area contributed by atoms with Gasteiger partial charge in [-0.05, 0) is 55.6 Å². The van der Waals surface area contributed by atoms with E-state index in [0.717, 1.165) is 18.4 Å². The van der Waals surface area contributed by atoms with E-state index < -0.39 is 10.0 Å². The maximum atomic E-state index is 13.2. The molecule has 1 saturated heterocycles. The fourth-order valence-electron chi connectivity index (χ4n) is 5.45. The molecule has 4 fully saturated rings.